The molecule has 0 aromatic rings. The number of alkyl carbamates (subject to hydrolysis) is 1. The zero-order valence-corrected chi connectivity index (χ0v) is 11.0. The molecule has 1 rings (SSSR count). The Morgan fingerprint density at radius 3 is 2.76 bits per heavy atom. The molecule has 1 unspecified atom stereocenters. The Hall–Kier alpha value is -0.810. The van der Waals surface area contributed by atoms with Crippen LogP contribution in [0.5, 0.6) is 0 Å². The Balaban J connectivity index is 2.01. The summed E-state index contributed by atoms with van der Waals surface area (Å²) in [7, 11) is 0. The zero-order chi connectivity index (χ0) is 12.7. The molecule has 17 heavy (non-hydrogen) atoms. The first-order chi connectivity index (χ1) is 7.97. The summed E-state index contributed by atoms with van der Waals surface area (Å²) in [5.74, 6) is 0. The minimum absolute atomic E-state index is 0.362. The Morgan fingerprint density at radius 1 is 1.41 bits per heavy atom. The largest absolute Gasteiger partial charge is 0.444 e. The third kappa shape index (κ3) is 7.18. The standard InChI is InChI=1S/C12H24N2O3/c1-12(2,3)17-11(15)14-7-6-13-10-5-4-8-16-9-10/h10,13H,4-9H2,1-3H3,(H,14,15). The number of carbonyl (C=O) groups excluding carboxylic acids is 1. The number of carbonyl (C=O) groups is 1. The molecule has 100 valence electrons. The Kier molecular flexibility index (Phi) is 5.71. The van der Waals surface area contributed by atoms with Gasteiger partial charge in [0.2, 0.25) is 0 Å². The van der Waals surface area contributed by atoms with Crippen LogP contribution in [0.15, 0.2) is 0 Å². The minimum Gasteiger partial charge on any atom is -0.444 e. The summed E-state index contributed by atoms with van der Waals surface area (Å²) >= 11 is 0. The molecule has 1 heterocycles. The summed E-state index contributed by atoms with van der Waals surface area (Å²) in [6, 6.07) is 0.421. The van der Waals surface area contributed by atoms with Crippen LogP contribution in [-0.4, -0.2) is 44.0 Å². The van der Waals surface area contributed by atoms with Crippen molar-refractivity contribution in [2.75, 3.05) is 26.3 Å². The van der Waals surface area contributed by atoms with Gasteiger partial charge in [-0.1, -0.05) is 0 Å². The molecule has 5 nitrogen and oxygen atoms in total. The first-order valence-corrected chi connectivity index (χ1v) is 6.25. The van der Waals surface area contributed by atoms with Crippen molar-refractivity contribution >= 4 is 6.09 Å². The normalized spacial score (nSPS) is 21.0. The number of hydrogen-bond donors (Lipinski definition) is 2. The van der Waals surface area contributed by atoms with E-state index in [1.165, 1.54) is 0 Å². The van der Waals surface area contributed by atoms with Gasteiger partial charge in [0, 0.05) is 25.7 Å². The minimum atomic E-state index is -0.436. The molecule has 1 fully saturated rings. The fourth-order valence-electron chi connectivity index (χ4n) is 1.66. The summed E-state index contributed by atoms with van der Waals surface area (Å²) in [4.78, 5) is 11.3. The van der Waals surface area contributed by atoms with Crippen LogP contribution in [0, 0.1) is 0 Å². The third-order valence-corrected chi connectivity index (χ3v) is 2.39. The fraction of sp³-hybridized carbons (Fsp3) is 0.917. The van der Waals surface area contributed by atoms with Gasteiger partial charge < -0.3 is 20.1 Å². The van der Waals surface area contributed by atoms with Gasteiger partial charge in [0.25, 0.3) is 0 Å². The lowest BCUT2D eigenvalue weighted by Crippen LogP contribution is -2.42. The van der Waals surface area contributed by atoms with Crippen molar-refractivity contribution in [1.29, 1.82) is 0 Å². The van der Waals surface area contributed by atoms with Crippen molar-refractivity contribution < 1.29 is 14.3 Å². The molecule has 0 saturated carbocycles. The Morgan fingerprint density at radius 2 is 2.18 bits per heavy atom. The second kappa shape index (κ2) is 6.81. The highest BCUT2D eigenvalue weighted by atomic mass is 16.6. The van der Waals surface area contributed by atoms with E-state index in [9.17, 15) is 4.79 Å². The van der Waals surface area contributed by atoms with E-state index in [1.807, 2.05) is 20.8 Å². The van der Waals surface area contributed by atoms with Gasteiger partial charge in [-0.2, -0.15) is 0 Å². The van der Waals surface area contributed by atoms with E-state index in [-0.39, 0.29) is 6.09 Å². The lowest BCUT2D eigenvalue weighted by molar-refractivity contribution is 0.0522. The lowest BCUT2D eigenvalue weighted by Gasteiger charge is -2.23. The van der Waals surface area contributed by atoms with E-state index in [0.717, 1.165) is 32.6 Å². The molecule has 1 atom stereocenters. The van der Waals surface area contributed by atoms with Crippen molar-refractivity contribution in [1.82, 2.24) is 10.6 Å². The number of rotatable bonds is 4. The summed E-state index contributed by atoms with van der Waals surface area (Å²) in [6.45, 7) is 8.51. The summed E-state index contributed by atoms with van der Waals surface area (Å²) < 4.78 is 10.5. The zero-order valence-electron chi connectivity index (χ0n) is 11.0. The van der Waals surface area contributed by atoms with Crippen LogP contribution < -0.4 is 10.6 Å². The van der Waals surface area contributed by atoms with Gasteiger partial charge in [0.05, 0.1) is 6.61 Å². The maximum Gasteiger partial charge on any atom is 0.407 e. The topological polar surface area (TPSA) is 59.6 Å². The van der Waals surface area contributed by atoms with Gasteiger partial charge in [-0.15, -0.1) is 0 Å². The van der Waals surface area contributed by atoms with Crippen molar-refractivity contribution in [3.05, 3.63) is 0 Å². The van der Waals surface area contributed by atoms with Crippen molar-refractivity contribution in [3.63, 3.8) is 0 Å². The molecule has 5 heteroatoms. The van der Waals surface area contributed by atoms with Crippen LogP contribution >= 0.6 is 0 Å². The highest BCUT2D eigenvalue weighted by molar-refractivity contribution is 5.67. The molecule has 1 saturated heterocycles. The monoisotopic (exact) mass is 244 g/mol. The van der Waals surface area contributed by atoms with Gasteiger partial charge in [-0.05, 0) is 33.6 Å². The first kappa shape index (κ1) is 14.3. The van der Waals surface area contributed by atoms with Crippen molar-refractivity contribution in [2.45, 2.75) is 45.3 Å². The van der Waals surface area contributed by atoms with E-state index in [0.29, 0.717) is 12.6 Å². The highest BCUT2D eigenvalue weighted by Gasteiger charge is 2.16. The van der Waals surface area contributed by atoms with Gasteiger partial charge in [-0.3, -0.25) is 0 Å². The van der Waals surface area contributed by atoms with Crippen molar-refractivity contribution in [2.24, 2.45) is 0 Å². The van der Waals surface area contributed by atoms with E-state index in [1.54, 1.807) is 0 Å². The molecule has 0 aliphatic carbocycles. The van der Waals surface area contributed by atoms with Crippen LogP contribution in [0.3, 0.4) is 0 Å². The van der Waals surface area contributed by atoms with Gasteiger partial charge in [-0.25, -0.2) is 4.79 Å². The Labute approximate surface area is 103 Å². The molecule has 0 bridgehead atoms. The molecule has 2 N–H and O–H groups in total. The van der Waals surface area contributed by atoms with Crippen LogP contribution in [0.25, 0.3) is 0 Å². The predicted octanol–water partition coefficient (Wildman–Crippen LogP) is 1.28. The molecule has 0 aromatic carbocycles. The summed E-state index contributed by atoms with van der Waals surface area (Å²) in [5, 5.41) is 6.06. The Bertz CT molecular complexity index is 232. The fourth-order valence-corrected chi connectivity index (χ4v) is 1.66. The molecular weight excluding hydrogens is 220 g/mol. The second-order valence-electron chi connectivity index (χ2n) is 5.30. The van der Waals surface area contributed by atoms with Gasteiger partial charge in [0.15, 0.2) is 0 Å². The molecule has 1 aliphatic heterocycles. The molecule has 0 radical (unpaired) electrons. The quantitative estimate of drug-likeness (QED) is 0.731. The third-order valence-electron chi connectivity index (χ3n) is 2.39. The van der Waals surface area contributed by atoms with Crippen molar-refractivity contribution in [3.8, 4) is 0 Å². The number of nitrogens with one attached hydrogen (secondary N) is 2. The lowest BCUT2D eigenvalue weighted by atomic mass is 10.1. The average Bonchev–Trinajstić information content (AvgIpc) is 2.23. The smallest absolute Gasteiger partial charge is 0.407 e. The molecule has 0 spiro atoms. The second-order valence-corrected chi connectivity index (χ2v) is 5.30. The predicted molar refractivity (Wildman–Crippen MR) is 66.1 cm³/mol. The number of ether oxygens (including phenoxy) is 2. The molecule has 1 amide bonds. The average molecular weight is 244 g/mol. The number of hydrogen-bond acceptors (Lipinski definition) is 4. The van der Waals surface area contributed by atoms with E-state index < -0.39 is 5.60 Å². The molecular formula is C12H24N2O3. The maximum absolute atomic E-state index is 11.3. The summed E-state index contributed by atoms with van der Waals surface area (Å²) in [6.07, 6.45) is 1.89. The first-order valence-electron chi connectivity index (χ1n) is 6.25. The van der Waals surface area contributed by atoms with E-state index in [2.05, 4.69) is 10.6 Å². The highest BCUT2D eigenvalue weighted by Crippen LogP contribution is 2.06. The number of amides is 1. The molecule has 0 aromatic heterocycles. The van der Waals surface area contributed by atoms with E-state index >= 15 is 0 Å². The van der Waals surface area contributed by atoms with Crippen LogP contribution in [0.2, 0.25) is 0 Å². The SMILES string of the molecule is CC(C)(C)OC(=O)NCCNC1CCCOC1. The van der Waals surface area contributed by atoms with Crippen LogP contribution in [0.4, 0.5) is 4.79 Å². The van der Waals surface area contributed by atoms with Gasteiger partial charge in [0.1, 0.15) is 5.60 Å². The summed E-state index contributed by atoms with van der Waals surface area (Å²) in [5.41, 5.74) is -0.436. The van der Waals surface area contributed by atoms with Crippen LogP contribution in [-0.2, 0) is 9.47 Å². The van der Waals surface area contributed by atoms with Gasteiger partial charge >= 0.3 is 6.09 Å². The van der Waals surface area contributed by atoms with Crippen LogP contribution in [0.1, 0.15) is 33.6 Å². The molecule has 1 aliphatic rings. The van der Waals surface area contributed by atoms with E-state index in [4.69, 9.17) is 9.47 Å². The maximum atomic E-state index is 11.3.